The molecule has 0 spiro atoms. The molecule has 1 atom stereocenters. The van der Waals surface area contributed by atoms with Gasteiger partial charge >= 0.3 is 0 Å². The molecule has 5 nitrogen and oxygen atoms in total. The Hall–Kier alpha value is -1.17. The predicted molar refractivity (Wildman–Crippen MR) is 75.0 cm³/mol. The first kappa shape index (κ1) is 14.2. The van der Waals surface area contributed by atoms with Crippen LogP contribution in [0, 0.1) is 0 Å². The minimum absolute atomic E-state index is 0.0825. The Labute approximate surface area is 114 Å². The van der Waals surface area contributed by atoms with E-state index in [-0.39, 0.29) is 5.41 Å². The van der Waals surface area contributed by atoms with E-state index in [4.69, 9.17) is 15.2 Å². The van der Waals surface area contributed by atoms with Gasteiger partial charge in [-0.3, -0.25) is 0 Å². The predicted octanol–water partition coefficient (Wildman–Crippen LogP) is 1.03. The summed E-state index contributed by atoms with van der Waals surface area (Å²) in [5.41, 5.74) is 7.97. The highest BCUT2D eigenvalue weighted by atomic mass is 16.5. The molecule has 2 rings (SSSR count). The minimum atomic E-state index is -0.0825. The molecule has 1 fully saturated rings. The van der Waals surface area contributed by atoms with Crippen LogP contribution >= 0.6 is 0 Å². The second kappa shape index (κ2) is 5.86. The summed E-state index contributed by atoms with van der Waals surface area (Å²) in [4.78, 5) is 6.61. The van der Waals surface area contributed by atoms with Gasteiger partial charge in [0.25, 0.3) is 0 Å². The van der Waals surface area contributed by atoms with Crippen LogP contribution in [0.2, 0.25) is 0 Å². The molecule has 1 aliphatic rings. The maximum absolute atomic E-state index is 5.83. The smallest absolute Gasteiger partial charge is 0.123 e. The zero-order chi connectivity index (χ0) is 13.9. The Morgan fingerprint density at radius 1 is 1.47 bits per heavy atom. The number of anilines is 1. The Morgan fingerprint density at radius 3 is 2.84 bits per heavy atom. The molecule has 0 saturated carbocycles. The molecule has 106 valence electrons. The van der Waals surface area contributed by atoms with E-state index in [0.29, 0.717) is 19.0 Å². The molecule has 0 radical (unpaired) electrons. The molecule has 2 heterocycles. The average Bonchev–Trinajstić information content (AvgIpc) is 2.78. The van der Waals surface area contributed by atoms with E-state index in [0.717, 1.165) is 25.3 Å². The molecule has 1 saturated heterocycles. The fourth-order valence-electron chi connectivity index (χ4n) is 2.71. The van der Waals surface area contributed by atoms with E-state index in [9.17, 15) is 0 Å². The lowest BCUT2D eigenvalue weighted by Gasteiger charge is -2.29. The number of methoxy groups -OCH3 is 1. The number of rotatable bonds is 5. The highest BCUT2D eigenvalue weighted by molar-refractivity contribution is 5.39. The first-order chi connectivity index (χ1) is 9.07. The van der Waals surface area contributed by atoms with Crippen molar-refractivity contribution in [3.05, 3.63) is 23.4 Å². The van der Waals surface area contributed by atoms with Gasteiger partial charge in [-0.2, -0.15) is 0 Å². The van der Waals surface area contributed by atoms with Gasteiger partial charge in [0.05, 0.1) is 18.9 Å². The lowest BCUT2D eigenvalue weighted by Crippen LogP contribution is -2.34. The van der Waals surface area contributed by atoms with Crippen molar-refractivity contribution in [2.45, 2.75) is 18.4 Å². The van der Waals surface area contributed by atoms with E-state index in [1.165, 1.54) is 5.56 Å². The first-order valence-corrected chi connectivity index (χ1v) is 6.55. The van der Waals surface area contributed by atoms with Crippen molar-refractivity contribution in [1.82, 2.24) is 9.88 Å². The summed E-state index contributed by atoms with van der Waals surface area (Å²) in [6.07, 6.45) is 0.965. The molecular weight excluding hydrogens is 242 g/mol. The standard InChI is InChI=1S/C14H23N3O2/c1-17(2)8-12-11(4-5-13(15)16-12)14(9-18-3)6-7-19-10-14/h4-5H,6-10H2,1-3H3,(H2,15,16). The van der Waals surface area contributed by atoms with Gasteiger partial charge in [0.2, 0.25) is 0 Å². The molecule has 0 aromatic carbocycles. The number of ether oxygens (including phenoxy) is 2. The van der Waals surface area contributed by atoms with E-state index in [2.05, 4.69) is 16.0 Å². The van der Waals surface area contributed by atoms with Gasteiger partial charge in [-0.05, 0) is 32.1 Å². The first-order valence-electron chi connectivity index (χ1n) is 6.55. The van der Waals surface area contributed by atoms with Crippen molar-refractivity contribution in [2.75, 3.05) is 46.8 Å². The van der Waals surface area contributed by atoms with Crippen LogP contribution in [-0.2, 0) is 21.4 Å². The van der Waals surface area contributed by atoms with Crippen molar-refractivity contribution in [3.8, 4) is 0 Å². The summed E-state index contributed by atoms with van der Waals surface area (Å²) in [6.45, 7) is 2.88. The number of nitrogens with two attached hydrogens (primary N) is 1. The van der Waals surface area contributed by atoms with Crippen molar-refractivity contribution in [3.63, 3.8) is 0 Å². The minimum Gasteiger partial charge on any atom is -0.384 e. The lowest BCUT2D eigenvalue weighted by molar-refractivity contribution is 0.106. The Morgan fingerprint density at radius 2 is 2.26 bits per heavy atom. The summed E-state index contributed by atoms with van der Waals surface area (Å²) in [7, 11) is 5.79. The van der Waals surface area contributed by atoms with Gasteiger partial charge in [0.1, 0.15) is 5.82 Å². The normalized spacial score (nSPS) is 23.2. The van der Waals surface area contributed by atoms with Gasteiger partial charge in [-0.1, -0.05) is 6.07 Å². The third kappa shape index (κ3) is 3.05. The molecule has 1 aromatic rings. The van der Waals surface area contributed by atoms with Gasteiger partial charge in [-0.15, -0.1) is 0 Å². The molecule has 1 aromatic heterocycles. The molecule has 5 heteroatoms. The molecule has 0 aliphatic carbocycles. The van der Waals surface area contributed by atoms with Crippen molar-refractivity contribution >= 4 is 5.82 Å². The van der Waals surface area contributed by atoms with Gasteiger partial charge in [0.15, 0.2) is 0 Å². The Balaban J connectivity index is 2.41. The largest absolute Gasteiger partial charge is 0.384 e. The fraction of sp³-hybridized carbons (Fsp3) is 0.643. The van der Waals surface area contributed by atoms with Crippen molar-refractivity contribution in [2.24, 2.45) is 0 Å². The number of pyridine rings is 1. The SMILES string of the molecule is COCC1(c2ccc(N)nc2CN(C)C)CCOC1. The van der Waals surface area contributed by atoms with Crippen molar-refractivity contribution < 1.29 is 9.47 Å². The van der Waals surface area contributed by atoms with E-state index < -0.39 is 0 Å². The molecule has 19 heavy (non-hydrogen) atoms. The van der Waals surface area contributed by atoms with Crippen LogP contribution < -0.4 is 5.73 Å². The Bertz CT molecular complexity index is 429. The van der Waals surface area contributed by atoms with Crippen LogP contribution in [0.25, 0.3) is 0 Å². The van der Waals surface area contributed by atoms with Gasteiger partial charge in [-0.25, -0.2) is 4.98 Å². The zero-order valence-electron chi connectivity index (χ0n) is 12.0. The average molecular weight is 265 g/mol. The van der Waals surface area contributed by atoms with Crippen molar-refractivity contribution in [1.29, 1.82) is 0 Å². The fourth-order valence-corrected chi connectivity index (χ4v) is 2.71. The molecule has 0 amide bonds. The maximum Gasteiger partial charge on any atom is 0.123 e. The molecule has 0 bridgehead atoms. The topological polar surface area (TPSA) is 60.6 Å². The van der Waals surface area contributed by atoms with E-state index in [1.807, 2.05) is 20.2 Å². The third-order valence-corrected chi connectivity index (χ3v) is 3.56. The van der Waals surface area contributed by atoms with Crippen LogP contribution in [0.3, 0.4) is 0 Å². The quantitative estimate of drug-likeness (QED) is 0.861. The third-order valence-electron chi connectivity index (χ3n) is 3.56. The summed E-state index contributed by atoms with van der Waals surface area (Å²) in [5.74, 6) is 0.562. The number of hydrogen-bond acceptors (Lipinski definition) is 5. The molecule has 2 N–H and O–H groups in total. The number of nitrogens with zero attached hydrogens (tertiary/aromatic N) is 2. The summed E-state index contributed by atoms with van der Waals surface area (Å²) < 4.78 is 11.0. The summed E-state index contributed by atoms with van der Waals surface area (Å²) >= 11 is 0. The van der Waals surface area contributed by atoms with Crippen LogP contribution in [0.15, 0.2) is 12.1 Å². The van der Waals surface area contributed by atoms with E-state index in [1.54, 1.807) is 7.11 Å². The summed E-state index contributed by atoms with van der Waals surface area (Å²) in [6, 6.07) is 3.94. The lowest BCUT2D eigenvalue weighted by atomic mass is 9.79. The zero-order valence-corrected chi connectivity index (χ0v) is 12.0. The van der Waals surface area contributed by atoms with Crippen LogP contribution in [0.5, 0.6) is 0 Å². The van der Waals surface area contributed by atoms with Crippen LogP contribution in [-0.4, -0.2) is 50.9 Å². The molecular formula is C14H23N3O2. The van der Waals surface area contributed by atoms with Crippen LogP contribution in [0.4, 0.5) is 5.82 Å². The van der Waals surface area contributed by atoms with Gasteiger partial charge < -0.3 is 20.1 Å². The second-order valence-corrected chi connectivity index (χ2v) is 5.48. The number of nitrogen functional groups attached to an aromatic ring is 1. The molecule has 1 unspecified atom stereocenters. The van der Waals surface area contributed by atoms with E-state index >= 15 is 0 Å². The maximum atomic E-state index is 5.83. The molecule has 1 aliphatic heterocycles. The van der Waals surface area contributed by atoms with Crippen LogP contribution in [0.1, 0.15) is 17.7 Å². The Kier molecular flexibility index (Phi) is 4.39. The second-order valence-electron chi connectivity index (χ2n) is 5.48. The highest BCUT2D eigenvalue weighted by Gasteiger charge is 2.39. The number of hydrogen-bond donors (Lipinski definition) is 1. The number of aromatic nitrogens is 1. The highest BCUT2D eigenvalue weighted by Crippen LogP contribution is 2.35. The summed E-state index contributed by atoms with van der Waals surface area (Å²) in [5, 5.41) is 0. The van der Waals surface area contributed by atoms with Gasteiger partial charge in [0, 0.05) is 25.7 Å². The monoisotopic (exact) mass is 265 g/mol.